The summed E-state index contributed by atoms with van der Waals surface area (Å²) in [5.41, 5.74) is 0.109. The van der Waals surface area contributed by atoms with Gasteiger partial charge in [0, 0.05) is 0 Å². The van der Waals surface area contributed by atoms with Crippen LogP contribution in [0.2, 0.25) is 0 Å². The lowest BCUT2D eigenvalue weighted by molar-refractivity contribution is 0.0647. The van der Waals surface area contributed by atoms with Crippen LogP contribution in [0.1, 0.15) is 25.2 Å². The number of aliphatic hydroxyl groups is 1. The number of rotatable bonds is 3. The molecule has 5 heteroatoms. The van der Waals surface area contributed by atoms with Crippen LogP contribution < -0.4 is 0 Å². The van der Waals surface area contributed by atoms with E-state index >= 15 is 0 Å². The molecule has 0 saturated heterocycles. The van der Waals surface area contributed by atoms with Gasteiger partial charge in [-0.15, -0.1) is 0 Å². The predicted molar refractivity (Wildman–Crippen MR) is 68.2 cm³/mol. The molecule has 4 nitrogen and oxygen atoms in total. The normalized spacial score (nSPS) is 11.7. The van der Waals surface area contributed by atoms with E-state index in [4.69, 9.17) is 12.2 Å². The quantitative estimate of drug-likeness (QED) is 0.820. The molecule has 0 atom stereocenters. The molecule has 17 heavy (non-hydrogen) atoms. The van der Waals surface area contributed by atoms with Gasteiger partial charge in [0.2, 0.25) is 0 Å². The second kappa shape index (κ2) is 4.43. The largest absolute Gasteiger partial charge is 0.382 e. The Bertz CT molecular complexity index is 551. The number of aromatic nitrogens is 3. The van der Waals surface area contributed by atoms with Crippen LogP contribution in [0, 0.1) is 4.77 Å². The van der Waals surface area contributed by atoms with E-state index in [1.807, 2.05) is 34.9 Å². The summed E-state index contributed by atoms with van der Waals surface area (Å²) in [5, 5.41) is 16.8. The maximum Gasteiger partial charge on any atom is 0.195 e. The molecule has 2 N–H and O–H groups in total. The Morgan fingerprint density at radius 1 is 1.35 bits per heavy atom. The number of nitrogens with one attached hydrogen (secondary N) is 1. The van der Waals surface area contributed by atoms with Crippen molar-refractivity contribution in [3.05, 3.63) is 46.5 Å². The molecule has 0 radical (unpaired) electrons. The average Bonchev–Trinajstić information content (AvgIpc) is 2.62. The molecule has 0 saturated carbocycles. The van der Waals surface area contributed by atoms with Crippen molar-refractivity contribution in [2.45, 2.75) is 26.0 Å². The molecule has 0 aliphatic heterocycles. The van der Waals surface area contributed by atoms with Crippen LogP contribution in [0.3, 0.4) is 0 Å². The zero-order chi connectivity index (χ0) is 12.5. The lowest BCUT2D eigenvalue weighted by Crippen LogP contribution is -2.22. The van der Waals surface area contributed by atoms with E-state index in [-0.39, 0.29) is 0 Å². The molecule has 1 aromatic heterocycles. The third-order valence-corrected chi connectivity index (χ3v) is 2.80. The maximum absolute atomic E-state index is 10.0. The smallest absolute Gasteiger partial charge is 0.195 e. The second-order valence-corrected chi connectivity index (χ2v) is 4.87. The van der Waals surface area contributed by atoms with Gasteiger partial charge in [0.1, 0.15) is 5.60 Å². The number of benzene rings is 1. The first-order valence-electron chi connectivity index (χ1n) is 5.40. The Balaban J connectivity index is 2.40. The van der Waals surface area contributed by atoms with E-state index in [2.05, 4.69) is 10.2 Å². The van der Waals surface area contributed by atoms with Gasteiger partial charge in [-0.05, 0) is 31.6 Å². The molecular weight excluding hydrogens is 234 g/mol. The van der Waals surface area contributed by atoms with Crippen molar-refractivity contribution < 1.29 is 5.11 Å². The molecule has 0 fully saturated rings. The Hall–Kier alpha value is -1.46. The second-order valence-electron chi connectivity index (χ2n) is 4.48. The molecule has 90 valence electrons. The van der Waals surface area contributed by atoms with Gasteiger partial charge < -0.3 is 5.11 Å². The van der Waals surface area contributed by atoms with Crippen molar-refractivity contribution in [3.8, 4) is 0 Å². The molecule has 1 heterocycles. The van der Waals surface area contributed by atoms with Gasteiger partial charge in [0.15, 0.2) is 10.6 Å². The third-order valence-electron chi connectivity index (χ3n) is 2.49. The SMILES string of the molecule is CC(C)(O)c1n[nH]c(=S)n1Cc1ccccc1. The monoisotopic (exact) mass is 249 g/mol. The van der Waals surface area contributed by atoms with E-state index in [1.165, 1.54) is 0 Å². The van der Waals surface area contributed by atoms with Crippen LogP contribution in [0.25, 0.3) is 0 Å². The lowest BCUT2D eigenvalue weighted by atomic mass is 10.1. The van der Waals surface area contributed by atoms with Gasteiger partial charge in [0.25, 0.3) is 0 Å². The Morgan fingerprint density at radius 3 is 2.59 bits per heavy atom. The highest BCUT2D eigenvalue weighted by atomic mass is 32.1. The van der Waals surface area contributed by atoms with Gasteiger partial charge >= 0.3 is 0 Å². The molecule has 0 spiro atoms. The number of hydrogen-bond donors (Lipinski definition) is 2. The molecule has 0 unspecified atom stereocenters. The molecule has 0 amide bonds. The minimum Gasteiger partial charge on any atom is -0.382 e. The highest BCUT2D eigenvalue weighted by Crippen LogP contribution is 2.18. The standard InChI is InChI=1S/C12H15N3OS/c1-12(2,16)10-13-14-11(17)15(10)8-9-6-4-3-5-7-9/h3-7,16H,8H2,1-2H3,(H,14,17). The minimum absolute atomic E-state index is 0.519. The Morgan fingerprint density at radius 2 is 2.00 bits per heavy atom. The lowest BCUT2D eigenvalue weighted by Gasteiger charge is -2.17. The van der Waals surface area contributed by atoms with Crippen LogP contribution in [0.4, 0.5) is 0 Å². The van der Waals surface area contributed by atoms with Crippen molar-refractivity contribution >= 4 is 12.2 Å². The first-order chi connectivity index (χ1) is 7.98. The summed E-state index contributed by atoms with van der Waals surface area (Å²) in [4.78, 5) is 0. The van der Waals surface area contributed by atoms with Crippen LogP contribution in [-0.2, 0) is 12.1 Å². The Kier molecular flexibility index (Phi) is 3.13. The van der Waals surface area contributed by atoms with Crippen LogP contribution >= 0.6 is 12.2 Å². The number of H-pyrrole nitrogens is 1. The van der Waals surface area contributed by atoms with Crippen molar-refractivity contribution in [3.63, 3.8) is 0 Å². The molecule has 2 rings (SSSR count). The first kappa shape index (κ1) is 12.0. The van der Waals surface area contributed by atoms with Gasteiger partial charge in [-0.3, -0.25) is 9.67 Å². The third kappa shape index (κ3) is 2.62. The fourth-order valence-electron chi connectivity index (χ4n) is 1.70. The number of hydrogen-bond acceptors (Lipinski definition) is 3. The number of nitrogens with zero attached hydrogens (tertiary/aromatic N) is 2. The van der Waals surface area contributed by atoms with Crippen molar-refractivity contribution in [1.82, 2.24) is 14.8 Å². The summed E-state index contributed by atoms with van der Waals surface area (Å²) in [5.74, 6) is 0.548. The van der Waals surface area contributed by atoms with E-state index in [9.17, 15) is 5.11 Å². The molecule has 0 bridgehead atoms. The van der Waals surface area contributed by atoms with Crippen molar-refractivity contribution in [2.24, 2.45) is 0 Å². The number of aromatic amines is 1. The fourth-order valence-corrected chi connectivity index (χ4v) is 1.89. The Labute approximate surface area is 105 Å². The first-order valence-corrected chi connectivity index (χ1v) is 5.81. The molecule has 2 aromatic rings. The zero-order valence-corrected chi connectivity index (χ0v) is 10.7. The summed E-state index contributed by atoms with van der Waals surface area (Å²) in [6.07, 6.45) is 0. The van der Waals surface area contributed by atoms with Crippen molar-refractivity contribution in [2.75, 3.05) is 0 Å². The molecule has 0 aliphatic rings. The van der Waals surface area contributed by atoms with E-state index in [0.29, 0.717) is 17.1 Å². The summed E-state index contributed by atoms with van der Waals surface area (Å²) < 4.78 is 2.33. The van der Waals surface area contributed by atoms with E-state index in [1.54, 1.807) is 13.8 Å². The average molecular weight is 249 g/mol. The van der Waals surface area contributed by atoms with E-state index in [0.717, 1.165) is 5.56 Å². The molecule has 0 aliphatic carbocycles. The maximum atomic E-state index is 10.0. The summed E-state index contributed by atoms with van der Waals surface area (Å²) in [6.45, 7) is 3.99. The van der Waals surface area contributed by atoms with Crippen LogP contribution in [0.5, 0.6) is 0 Å². The fraction of sp³-hybridized carbons (Fsp3) is 0.333. The van der Waals surface area contributed by atoms with Gasteiger partial charge in [-0.1, -0.05) is 30.3 Å². The van der Waals surface area contributed by atoms with Gasteiger partial charge in [-0.25, -0.2) is 0 Å². The van der Waals surface area contributed by atoms with Crippen LogP contribution in [-0.4, -0.2) is 19.9 Å². The molecular formula is C12H15N3OS. The topological polar surface area (TPSA) is 53.8 Å². The summed E-state index contributed by atoms with van der Waals surface area (Å²) >= 11 is 5.17. The van der Waals surface area contributed by atoms with Crippen LogP contribution in [0.15, 0.2) is 30.3 Å². The van der Waals surface area contributed by atoms with Crippen molar-refractivity contribution in [1.29, 1.82) is 0 Å². The highest BCUT2D eigenvalue weighted by Gasteiger charge is 2.23. The summed E-state index contributed by atoms with van der Waals surface area (Å²) in [7, 11) is 0. The van der Waals surface area contributed by atoms with Gasteiger partial charge in [-0.2, -0.15) is 5.10 Å². The zero-order valence-electron chi connectivity index (χ0n) is 9.84. The summed E-state index contributed by atoms with van der Waals surface area (Å²) in [6, 6.07) is 9.95. The predicted octanol–water partition coefficient (Wildman–Crippen LogP) is 2.22. The molecule has 1 aromatic carbocycles. The van der Waals surface area contributed by atoms with E-state index < -0.39 is 5.60 Å². The van der Waals surface area contributed by atoms with Gasteiger partial charge in [0.05, 0.1) is 6.54 Å². The minimum atomic E-state index is -1.01. The highest BCUT2D eigenvalue weighted by molar-refractivity contribution is 7.71.